The summed E-state index contributed by atoms with van der Waals surface area (Å²) in [5, 5.41) is 12.8. The first-order valence-corrected chi connectivity index (χ1v) is 7.36. The Labute approximate surface area is 117 Å². The van der Waals surface area contributed by atoms with Crippen molar-refractivity contribution in [2.45, 2.75) is 31.8 Å². The van der Waals surface area contributed by atoms with Gasteiger partial charge in [-0.15, -0.1) is 0 Å². The fraction of sp³-hybridized carbons (Fsp3) is 0.571. The highest BCUT2D eigenvalue weighted by molar-refractivity contribution is 9.10. The number of hydrogen-bond acceptors (Lipinski definition) is 3. The molecular weight excluding hydrogens is 292 g/mol. The van der Waals surface area contributed by atoms with Gasteiger partial charge in [-0.3, -0.25) is 0 Å². The summed E-state index contributed by atoms with van der Waals surface area (Å²) in [4.78, 5) is 2.42. The second kappa shape index (κ2) is 6.55. The molecule has 0 bridgehead atoms. The van der Waals surface area contributed by atoms with E-state index in [0.29, 0.717) is 12.1 Å². The molecule has 1 saturated heterocycles. The second-order valence-electron chi connectivity index (χ2n) is 4.93. The van der Waals surface area contributed by atoms with Crippen molar-refractivity contribution in [3.8, 4) is 0 Å². The zero-order valence-corrected chi connectivity index (χ0v) is 12.4. The third-order valence-corrected chi connectivity index (χ3v) is 4.09. The molecule has 2 rings (SSSR count). The van der Waals surface area contributed by atoms with E-state index in [4.69, 9.17) is 0 Å². The van der Waals surface area contributed by atoms with E-state index in [9.17, 15) is 5.11 Å². The Morgan fingerprint density at radius 3 is 2.78 bits per heavy atom. The van der Waals surface area contributed by atoms with Crippen LogP contribution in [0.1, 0.15) is 19.8 Å². The van der Waals surface area contributed by atoms with Crippen molar-refractivity contribution >= 4 is 21.6 Å². The molecular formula is C14H21BrN2O. The Morgan fingerprint density at radius 1 is 1.39 bits per heavy atom. The smallest absolute Gasteiger partial charge is 0.0451 e. The van der Waals surface area contributed by atoms with Crippen molar-refractivity contribution in [3.05, 3.63) is 28.7 Å². The third kappa shape index (κ3) is 3.46. The lowest BCUT2D eigenvalue weighted by molar-refractivity contribution is 0.272. The first-order chi connectivity index (χ1) is 8.70. The first kappa shape index (κ1) is 13.8. The number of hydrogen-bond donors (Lipinski definition) is 2. The molecule has 1 heterocycles. The van der Waals surface area contributed by atoms with Crippen LogP contribution in [0, 0.1) is 0 Å². The van der Waals surface area contributed by atoms with Gasteiger partial charge in [0.25, 0.3) is 0 Å². The Hall–Kier alpha value is -0.580. The molecule has 3 nitrogen and oxygen atoms in total. The third-order valence-electron chi connectivity index (χ3n) is 3.57. The van der Waals surface area contributed by atoms with Gasteiger partial charge in [-0.05, 0) is 44.0 Å². The number of aliphatic hydroxyl groups is 1. The average molecular weight is 313 g/mol. The zero-order chi connectivity index (χ0) is 13.0. The quantitative estimate of drug-likeness (QED) is 0.899. The van der Waals surface area contributed by atoms with E-state index in [1.165, 1.54) is 5.69 Å². The summed E-state index contributed by atoms with van der Waals surface area (Å²) in [6, 6.07) is 9.36. The van der Waals surface area contributed by atoms with Crippen molar-refractivity contribution in [2.75, 3.05) is 24.6 Å². The van der Waals surface area contributed by atoms with Gasteiger partial charge >= 0.3 is 0 Å². The number of nitrogens with zero attached hydrogens (tertiary/aromatic N) is 1. The molecule has 18 heavy (non-hydrogen) atoms. The Morgan fingerprint density at radius 2 is 2.11 bits per heavy atom. The van der Waals surface area contributed by atoms with E-state index >= 15 is 0 Å². The van der Waals surface area contributed by atoms with E-state index in [2.05, 4.69) is 57.3 Å². The number of halogens is 1. The summed E-state index contributed by atoms with van der Waals surface area (Å²) in [7, 11) is 0. The molecule has 0 aliphatic carbocycles. The van der Waals surface area contributed by atoms with Crippen LogP contribution in [0.4, 0.5) is 5.69 Å². The number of anilines is 1. The van der Waals surface area contributed by atoms with E-state index in [-0.39, 0.29) is 6.61 Å². The topological polar surface area (TPSA) is 35.5 Å². The van der Waals surface area contributed by atoms with E-state index in [1.54, 1.807) is 0 Å². The van der Waals surface area contributed by atoms with Crippen molar-refractivity contribution in [2.24, 2.45) is 0 Å². The van der Waals surface area contributed by atoms with Crippen molar-refractivity contribution in [1.29, 1.82) is 0 Å². The highest BCUT2D eigenvalue weighted by atomic mass is 79.9. The van der Waals surface area contributed by atoms with Crippen LogP contribution < -0.4 is 10.2 Å². The normalized spacial score (nSPS) is 24.9. The summed E-state index contributed by atoms with van der Waals surface area (Å²) in [6.45, 7) is 4.45. The lowest BCUT2D eigenvalue weighted by Gasteiger charge is -2.31. The minimum atomic E-state index is 0.244. The number of benzene rings is 1. The second-order valence-corrected chi connectivity index (χ2v) is 5.85. The summed E-state index contributed by atoms with van der Waals surface area (Å²) < 4.78 is 1.10. The zero-order valence-electron chi connectivity index (χ0n) is 10.8. The molecule has 0 aromatic heterocycles. The SMILES string of the molecule is CC1CCN(c2ccc(Br)cc2)C(CCO)CN1. The van der Waals surface area contributed by atoms with E-state index in [0.717, 1.165) is 30.4 Å². The molecule has 4 heteroatoms. The molecule has 1 aromatic carbocycles. The first-order valence-electron chi connectivity index (χ1n) is 6.57. The summed E-state index contributed by atoms with van der Waals surface area (Å²) in [5.41, 5.74) is 1.24. The largest absolute Gasteiger partial charge is 0.396 e. The van der Waals surface area contributed by atoms with Gasteiger partial charge in [0.05, 0.1) is 0 Å². The van der Waals surface area contributed by atoms with Crippen molar-refractivity contribution in [3.63, 3.8) is 0 Å². The van der Waals surface area contributed by atoms with Gasteiger partial charge in [0.2, 0.25) is 0 Å². The van der Waals surface area contributed by atoms with Crippen molar-refractivity contribution < 1.29 is 5.11 Å². The molecule has 2 atom stereocenters. The monoisotopic (exact) mass is 312 g/mol. The van der Waals surface area contributed by atoms with Crippen LogP contribution in [-0.4, -0.2) is 36.9 Å². The number of aliphatic hydroxyl groups excluding tert-OH is 1. The molecule has 0 amide bonds. The predicted octanol–water partition coefficient (Wildman–Crippen LogP) is 2.39. The van der Waals surface area contributed by atoms with Crippen LogP contribution >= 0.6 is 15.9 Å². The Bertz CT molecular complexity index is 369. The van der Waals surface area contributed by atoms with E-state index in [1.807, 2.05) is 0 Å². The number of nitrogens with one attached hydrogen (secondary N) is 1. The average Bonchev–Trinajstić information content (AvgIpc) is 2.54. The predicted molar refractivity (Wildman–Crippen MR) is 79.1 cm³/mol. The van der Waals surface area contributed by atoms with Gasteiger partial charge in [0.1, 0.15) is 0 Å². The van der Waals surface area contributed by atoms with Gasteiger partial charge in [-0.2, -0.15) is 0 Å². The Balaban J connectivity index is 2.17. The maximum absolute atomic E-state index is 9.22. The van der Waals surface area contributed by atoms with Gasteiger partial charge < -0.3 is 15.3 Å². The molecule has 2 unspecified atom stereocenters. The van der Waals surface area contributed by atoms with Crippen LogP contribution in [0.3, 0.4) is 0 Å². The Kier molecular flexibility index (Phi) is 5.03. The van der Waals surface area contributed by atoms with Crippen LogP contribution in [0.5, 0.6) is 0 Å². The molecule has 1 fully saturated rings. The van der Waals surface area contributed by atoms with Crippen LogP contribution in [0.2, 0.25) is 0 Å². The number of rotatable bonds is 3. The van der Waals surface area contributed by atoms with Crippen LogP contribution in [0.25, 0.3) is 0 Å². The summed E-state index contributed by atoms with van der Waals surface area (Å²) >= 11 is 3.47. The highest BCUT2D eigenvalue weighted by Gasteiger charge is 2.22. The minimum absolute atomic E-state index is 0.244. The van der Waals surface area contributed by atoms with Gasteiger partial charge in [-0.1, -0.05) is 15.9 Å². The van der Waals surface area contributed by atoms with Gasteiger partial charge in [0, 0.05) is 41.9 Å². The summed E-state index contributed by atoms with van der Waals surface area (Å²) in [6.07, 6.45) is 1.95. The lowest BCUT2D eigenvalue weighted by Crippen LogP contribution is -2.41. The lowest BCUT2D eigenvalue weighted by atomic mass is 10.1. The highest BCUT2D eigenvalue weighted by Crippen LogP contribution is 2.23. The van der Waals surface area contributed by atoms with Crippen molar-refractivity contribution in [1.82, 2.24) is 5.32 Å². The standard InChI is InChI=1S/C14H21BrN2O/c1-11-6-8-17(14(7-9-18)10-16-11)13-4-2-12(15)3-5-13/h2-5,11,14,16,18H,6-10H2,1H3. The molecule has 0 radical (unpaired) electrons. The molecule has 0 saturated carbocycles. The molecule has 100 valence electrons. The van der Waals surface area contributed by atoms with Crippen LogP contribution in [-0.2, 0) is 0 Å². The molecule has 1 aliphatic heterocycles. The fourth-order valence-corrected chi connectivity index (χ4v) is 2.71. The van der Waals surface area contributed by atoms with Gasteiger partial charge in [0.15, 0.2) is 0 Å². The maximum Gasteiger partial charge on any atom is 0.0451 e. The molecule has 2 N–H and O–H groups in total. The molecule has 1 aliphatic rings. The van der Waals surface area contributed by atoms with E-state index < -0.39 is 0 Å². The van der Waals surface area contributed by atoms with Gasteiger partial charge in [-0.25, -0.2) is 0 Å². The summed E-state index contributed by atoms with van der Waals surface area (Å²) in [5.74, 6) is 0. The maximum atomic E-state index is 9.22. The molecule has 1 aromatic rings. The van der Waals surface area contributed by atoms with Crippen LogP contribution in [0.15, 0.2) is 28.7 Å². The fourth-order valence-electron chi connectivity index (χ4n) is 2.44. The minimum Gasteiger partial charge on any atom is -0.396 e. The molecule has 0 spiro atoms.